The molecule has 1 aliphatic carbocycles. The van der Waals surface area contributed by atoms with Crippen molar-refractivity contribution in [3.05, 3.63) is 69.7 Å². The van der Waals surface area contributed by atoms with Gasteiger partial charge in [0.05, 0.1) is 10.6 Å². The summed E-state index contributed by atoms with van der Waals surface area (Å²) in [5.74, 6) is -2.03. The summed E-state index contributed by atoms with van der Waals surface area (Å²) in [6.45, 7) is 1.80. The predicted molar refractivity (Wildman–Crippen MR) is 103 cm³/mol. The molecule has 2 atom stereocenters. The standard InChI is InChI=1S/C21H21ClF2N2O2/c1-11(10-17(25)27)26-20(12-2-3-12)15-8-9-16(22)18(19(15)24)21(28)13-4-6-14(23)7-5-13/h4-9,11-12,20,26H,2-3,10H2,1H3,(H2,25,27)/t11-,20+/m0/s1. The van der Waals surface area contributed by atoms with Crippen molar-refractivity contribution >= 4 is 23.3 Å². The number of amides is 1. The molecule has 1 aliphatic rings. The average Bonchev–Trinajstić information content (AvgIpc) is 3.45. The van der Waals surface area contributed by atoms with E-state index in [9.17, 15) is 14.0 Å². The van der Waals surface area contributed by atoms with Gasteiger partial charge in [-0.1, -0.05) is 17.7 Å². The fourth-order valence-corrected chi connectivity index (χ4v) is 3.57. The fourth-order valence-electron chi connectivity index (χ4n) is 3.34. The van der Waals surface area contributed by atoms with E-state index in [0.29, 0.717) is 5.56 Å². The molecule has 0 heterocycles. The summed E-state index contributed by atoms with van der Waals surface area (Å²) >= 11 is 6.14. The summed E-state index contributed by atoms with van der Waals surface area (Å²) in [5, 5.41) is 3.25. The molecule has 0 bridgehead atoms. The SMILES string of the molecule is C[C@@H](CC(N)=O)N[C@@H](c1ccc(Cl)c(C(=O)c2ccc(F)cc2)c1F)C1CC1. The van der Waals surface area contributed by atoms with Crippen molar-refractivity contribution in [3.8, 4) is 0 Å². The third kappa shape index (κ3) is 4.56. The van der Waals surface area contributed by atoms with Crippen LogP contribution in [-0.2, 0) is 4.79 Å². The van der Waals surface area contributed by atoms with Gasteiger partial charge in [0.15, 0.2) is 5.78 Å². The Morgan fingerprint density at radius 2 is 1.82 bits per heavy atom. The lowest BCUT2D eigenvalue weighted by atomic mass is 9.94. The van der Waals surface area contributed by atoms with Gasteiger partial charge in [-0.15, -0.1) is 0 Å². The molecule has 0 aromatic heterocycles. The first-order valence-corrected chi connectivity index (χ1v) is 9.48. The number of nitrogens with one attached hydrogen (secondary N) is 1. The Labute approximate surface area is 167 Å². The van der Waals surface area contributed by atoms with Gasteiger partial charge in [-0.2, -0.15) is 0 Å². The minimum atomic E-state index is -0.697. The monoisotopic (exact) mass is 406 g/mol. The molecule has 1 amide bonds. The maximum atomic E-state index is 15.4. The summed E-state index contributed by atoms with van der Waals surface area (Å²) in [5.41, 5.74) is 5.49. The molecule has 0 aliphatic heterocycles. The summed E-state index contributed by atoms with van der Waals surface area (Å²) in [6.07, 6.45) is 1.97. The molecule has 4 nitrogen and oxygen atoms in total. The van der Waals surface area contributed by atoms with E-state index < -0.39 is 23.3 Å². The van der Waals surface area contributed by atoms with Crippen LogP contribution in [0.3, 0.4) is 0 Å². The van der Waals surface area contributed by atoms with Crippen molar-refractivity contribution in [3.63, 3.8) is 0 Å². The molecule has 0 unspecified atom stereocenters. The number of rotatable bonds is 8. The van der Waals surface area contributed by atoms with Gasteiger partial charge >= 0.3 is 0 Å². The van der Waals surface area contributed by atoms with Gasteiger partial charge in [0.25, 0.3) is 0 Å². The lowest BCUT2D eigenvalue weighted by Gasteiger charge is -2.24. The van der Waals surface area contributed by atoms with Crippen LogP contribution < -0.4 is 11.1 Å². The first kappa shape index (κ1) is 20.4. The van der Waals surface area contributed by atoms with Crippen molar-refractivity contribution in [2.45, 2.75) is 38.3 Å². The van der Waals surface area contributed by atoms with Gasteiger partial charge in [-0.05, 0) is 56.0 Å². The first-order chi connectivity index (χ1) is 13.3. The Balaban J connectivity index is 1.95. The van der Waals surface area contributed by atoms with E-state index in [1.165, 1.54) is 18.2 Å². The molecule has 1 fully saturated rings. The zero-order chi connectivity index (χ0) is 20.4. The van der Waals surface area contributed by atoms with Gasteiger partial charge < -0.3 is 11.1 Å². The van der Waals surface area contributed by atoms with Crippen molar-refractivity contribution in [1.29, 1.82) is 0 Å². The second kappa shape index (κ2) is 8.37. The van der Waals surface area contributed by atoms with E-state index >= 15 is 4.39 Å². The van der Waals surface area contributed by atoms with E-state index in [4.69, 9.17) is 17.3 Å². The van der Waals surface area contributed by atoms with Gasteiger partial charge in [0.1, 0.15) is 11.6 Å². The molecule has 1 saturated carbocycles. The van der Waals surface area contributed by atoms with Crippen LogP contribution in [0.4, 0.5) is 8.78 Å². The van der Waals surface area contributed by atoms with Crippen molar-refractivity contribution < 1.29 is 18.4 Å². The highest BCUT2D eigenvalue weighted by Gasteiger charge is 2.36. The summed E-state index contributed by atoms with van der Waals surface area (Å²) in [4.78, 5) is 24.0. The van der Waals surface area contributed by atoms with Crippen LogP contribution in [0.2, 0.25) is 5.02 Å². The molecule has 0 spiro atoms. The number of carbonyl (C=O) groups is 2. The Morgan fingerprint density at radius 3 is 2.39 bits per heavy atom. The Kier molecular flexibility index (Phi) is 6.10. The molecule has 2 aromatic carbocycles. The Hall–Kier alpha value is -2.31. The summed E-state index contributed by atoms with van der Waals surface area (Å²) in [7, 11) is 0. The van der Waals surface area contributed by atoms with Crippen molar-refractivity contribution in [1.82, 2.24) is 5.32 Å². The van der Waals surface area contributed by atoms with E-state index in [0.717, 1.165) is 25.0 Å². The normalized spacial score (nSPS) is 15.9. The van der Waals surface area contributed by atoms with Gasteiger partial charge in [-0.25, -0.2) is 8.78 Å². The van der Waals surface area contributed by atoms with Crippen LogP contribution in [0.5, 0.6) is 0 Å². The Bertz CT molecular complexity index is 898. The van der Waals surface area contributed by atoms with Crippen molar-refractivity contribution in [2.75, 3.05) is 0 Å². The molecule has 0 radical (unpaired) electrons. The highest BCUT2D eigenvalue weighted by Crippen LogP contribution is 2.43. The maximum absolute atomic E-state index is 15.4. The number of halogens is 3. The molecule has 3 rings (SSSR count). The van der Waals surface area contributed by atoms with Crippen LogP contribution in [0.1, 0.15) is 53.7 Å². The lowest BCUT2D eigenvalue weighted by molar-refractivity contribution is -0.118. The molecule has 3 N–H and O–H groups in total. The quantitative estimate of drug-likeness (QED) is 0.647. The minimum Gasteiger partial charge on any atom is -0.370 e. The number of hydrogen-bond acceptors (Lipinski definition) is 3. The summed E-state index contributed by atoms with van der Waals surface area (Å²) in [6, 6.07) is 7.34. The maximum Gasteiger partial charge on any atom is 0.218 e. The third-order valence-electron chi connectivity index (χ3n) is 4.85. The van der Waals surface area contributed by atoms with Crippen LogP contribution >= 0.6 is 11.6 Å². The first-order valence-electron chi connectivity index (χ1n) is 9.10. The van der Waals surface area contributed by atoms with E-state index in [-0.39, 0.29) is 40.6 Å². The van der Waals surface area contributed by atoms with Crippen LogP contribution in [0, 0.1) is 17.6 Å². The van der Waals surface area contributed by atoms with Crippen LogP contribution in [0.15, 0.2) is 36.4 Å². The van der Waals surface area contributed by atoms with E-state index in [1.807, 2.05) is 0 Å². The van der Waals surface area contributed by atoms with Gasteiger partial charge in [0, 0.05) is 29.6 Å². The zero-order valence-electron chi connectivity index (χ0n) is 15.3. The molecule has 28 heavy (non-hydrogen) atoms. The van der Waals surface area contributed by atoms with Crippen LogP contribution in [-0.4, -0.2) is 17.7 Å². The number of nitrogens with two attached hydrogens (primary N) is 1. The van der Waals surface area contributed by atoms with Gasteiger partial charge in [-0.3, -0.25) is 9.59 Å². The predicted octanol–water partition coefficient (Wildman–Crippen LogP) is 4.15. The molecular formula is C21H21ClF2N2O2. The second-order valence-corrected chi connectivity index (χ2v) is 7.62. The molecule has 7 heteroatoms. The van der Waals surface area contributed by atoms with Crippen LogP contribution in [0.25, 0.3) is 0 Å². The molecular weight excluding hydrogens is 386 g/mol. The lowest BCUT2D eigenvalue weighted by Crippen LogP contribution is -2.35. The highest BCUT2D eigenvalue weighted by atomic mass is 35.5. The topological polar surface area (TPSA) is 72.2 Å². The second-order valence-electron chi connectivity index (χ2n) is 7.21. The smallest absolute Gasteiger partial charge is 0.218 e. The zero-order valence-corrected chi connectivity index (χ0v) is 16.1. The largest absolute Gasteiger partial charge is 0.370 e. The summed E-state index contributed by atoms with van der Waals surface area (Å²) < 4.78 is 28.5. The number of carbonyl (C=O) groups excluding carboxylic acids is 2. The van der Waals surface area contributed by atoms with E-state index in [2.05, 4.69) is 5.32 Å². The number of ketones is 1. The van der Waals surface area contributed by atoms with Gasteiger partial charge in [0.2, 0.25) is 5.91 Å². The average molecular weight is 407 g/mol. The molecule has 148 valence electrons. The minimum absolute atomic E-state index is 0.00435. The van der Waals surface area contributed by atoms with E-state index in [1.54, 1.807) is 13.0 Å². The number of primary amides is 1. The third-order valence-corrected chi connectivity index (χ3v) is 5.17. The number of hydrogen-bond donors (Lipinski definition) is 2. The molecule has 2 aromatic rings. The fraction of sp³-hybridized carbons (Fsp3) is 0.333. The number of benzene rings is 2. The highest BCUT2D eigenvalue weighted by molar-refractivity contribution is 6.35. The van der Waals surface area contributed by atoms with Crippen molar-refractivity contribution in [2.24, 2.45) is 11.7 Å². The molecule has 0 saturated heterocycles. The Morgan fingerprint density at radius 1 is 1.18 bits per heavy atom.